The number of hydrogen-bond donors (Lipinski definition) is 0. The monoisotopic (exact) mass is 538 g/mol. The maximum Gasteiger partial charge on any atom is 0.312 e. The largest absolute Gasteiger partial charge is 0.466 e. The number of ether oxygens (including phenoxy) is 2. The smallest absolute Gasteiger partial charge is 0.312 e. The predicted octanol–water partition coefficient (Wildman–Crippen LogP) is 10.6. The molecule has 0 rings (SSSR count). The summed E-state index contributed by atoms with van der Waals surface area (Å²) in [6.45, 7) is 14.4. The standard InChI is InChI=1S/C34H66O4/c1-7-9-11-13-20-24-28-37-32(35)26-22-18-16-15-17-19-23-27-34(30(3)4,31(5)6)33(36)38-29-25-21-14-12-10-8-2/h30-31H,7-29H2,1-6H3. The molecule has 0 aliphatic carbocycles. The van der Waals surface area contributed by atoms with Gasteiger partial charge in [-0.05, 0) is 37.5 Å². The Kier molecular flexibility index (Phi) is 24.2. The average Bonchev–Trinajstić information content (AvgIpc) is 2.88. The molecule has 0 bridgehead atoms. The van der Waals surface area contributed by atoms with Crippen LogP contribution >= 0.6 is 0 Å². The minimum absolute atomic E-state index is 0.0272. The van der Waals surface area contributed by atoms with Gasteiger partial charge in [0.25, 0.3) is 0 Å². The molecule has 0 heterocycles. The Hall–Kier alpha value is -1.06. The van der Waals surface area contributed by atoms with Crippen LogP contribution in [0.3, 0.4) is 0 Å². The maximum atomic E-state index is 13.3. The fraction of sp³-hybridized carbons (Fsp3) is 0.941. The molecule has 38 heavy (non-hydrogen) atoms. The van der Waals surface area contributed by atoms with Crippen LogP contribution in [0.4, 0.5) is 0 Å². The summed E-state index contributed by atoms with van der Waals surface area (Å²) in [5.41, 5.74) is -0.377. The van der Waals surface area contributed by atoms with Crippen LogP contribution in [0.1, 0.15) is 176 Å². The van der Waals surface area contributed by atoms with Crippen molar-refractivity contribution < 1.29 is 19.1 Å². The summed E-state index contributed by atoms with van der Waals surface area (Å²) in [6, 6.07) is 0. The van der Waals surface area contributed by atoms with Crippen molar-refractivity contribution in [1.82, 2.24) is 0 Å². The molecular formula is C34H66O4. The van der Waals surface area contributed by atoms with Gasteiger partial charge in [-0.1, -0.05) is 144 Å². The Balaban J connectivity index is 4.03. The SMILES string of the molecule is CCCCCCCCOC(=O)CCCCCCCCCC(C(=O)OCCCCCCCC)(C(C)C)C(C)C. The summed E-state index contributed by atoms with van der Waals surface area (Å²) in [5.74, 6) is 0.556. The third-order valence-electron chi connectivity index (χ3n) is 8.40. The number of rotatable bonds is 27. The van der Waals surface area contributed by atoms with Crippen molar-refractivity contribution in [2.45, 2.75) is 176 Å². The molecule has 0 N–H and O–H groups in total. The second kappa shape index (κ2) is 24.9. The van der Waals surface area contributed by atoms with Gasteiger partial charge in [0.15, 0.2) is 0 Å². The van der Waals surface area contributed by atoms with Crippen LogP contribution in [-0.4, -0.2) is 25.2 Å². The minimum Gasteiger partial charge on any atom is -0.466 e. The zero-order chi connectivity index (χ0) is 28.5. The summed E-state index contributed by atoms with van der Waals surface area (Å²) in [7, 11) is 0. The van der Waals surface area contributed by atoms with Gasteiger partial charge in [-0.2, -0.15) is 0 Å². The molecule has 0 aliphatic heterocycles. The molecule has 0 spiro atoms. The van der Waals surface area contributed by atoms with Crippen molar-refractivity contribution in [2.24, 2.45) is 17.3 Å². The van der Waals surface area contributed by atoms with E-state index < -0.39 is 0 Å². The number of hydrogen-bond acceptors (Lipinski definition) is 4. The molecule has 4 nitrogen and oxygen atoms in total. The molecule has 0 unspecified atom stereocenters. The Morgan fingerprint density at radius 3 is 1.39 bits per heavy atom. The van der Waals surface area contributed by atoms with Gasteiger partial charge in [0, 0.05) is 6.42 Å². The Labute approximate surface area is 237 Å². The molecule has 226 valence electrons. The average molecular weight is 539 g/mol. The highest BCUT2D eigenvalue weighted by atomic mass is 16.5. The highest BCUT2D eigenvalue weighted by Gasteiger charge is 2.45. The van der Waals surface area contributed by atoms with Gasteiger partial charge in [-0.25, -0.2) is 0 Å². The van der Waals surface area contributed by atoms with Gasteiger partial charge in [0.2, 0.25) is 0 Å². The number of unbranched alkanes of at least 4 members (excludes halogenated alkanes) is 16. The Morgan fingerprint density at radius 2 is 0.921 bits per heavy atom. The van der Waals surface area contributed by atoms with Gasteiger partial charge in [0.05, 0.1) is 18.6 Å². The first-order valence-electron chi connectivity index (χ1n) is 16.7. The van der Waals surface area contributed by atoms with Crippen molar-refractivity contribution in [1.29, 1.82) is 0 Å². The molecule has 0 aromatic heterocycles. The van der Waals surface area contributed by atoms with Crippen molar-refractivity contribution >= 4 is 11.9 Å². The lowest BCUT2D eigenvalue weighted by Gasteiger charge is -2.39. The molecule has 0 aromatic rings. The highest BCUT2D eigenvalue weighted by Crippen LogP contribution is 2.42. The number of carbonyl (C=O) groups excluding carboxylic acids is 2. The number of carbonyl (C=O) groups is 2. The van der Waals surface area contributed by atoms with Crippen LogP contribution in [0.25, 0.3) is 0 Å². The zero-order valence-electron chi connectivity index (χ0n) is 26.6. The van der Waals surface area contributed by atoms with Crippen LogP contribution in [-0.2, 0) is 19.1 Å². The second-order valence-electron chi connectivity index (χ2n) is 12.2. The molecule has 4 heteroatoms. The third kappa shape index (κ3) is 17.5. The van der Waals surface area contributed by atoms with Crippen LogP contribution in [0.5, 0.6) is 0 Å². The van der Waals surface area contributed by atoms with E-state index in [4.69, 9.17) is 9.47 Å². The second-order valence-corrected chi connectivity index (χ2v) is 12.2. The van der Waals surface area contributed by atoms with E-state index in [0.29, 0.717) is 19.6 Å². The molecule has 0 aromatic carbocycles. The van der Waals surface area contributed by atoms with Crippen LogP contribution in [0, 0.1) is 17.3 Å². The van der Waals surface area contributed by atoms with Gasteiger partial charge in [-0.15, -0.1) is 0 Å². The van der Waals surface area contributed by atoms with Crippen molar-refractivity contribution in [3.8, 4) is 0 Å². The summed E-state index contributed by atoms with van der Waals surface area (Å²) in [4.78, 5) is 25.1. The van der Waals surface area contributed by atoms with Crippen molar-refractivity contribution in [3.05, 3.63) is 0 Å². The molecule has 0 radical (unpaired) electrons. The predicted molar refractivity (Wildman–Crippen MR) is 162 cm³/mol. The van der Waals surface area contributed by atoms with E-state index in [1.54, 1.807) is 0 Å². The lowest BCUT2D eigenvalue weighted by Crippen LogP contribution is -2.42. The van der Waals surface area contributed by atoms with Gasteiger partial charge >= 0.3 is 11.9 Å². The summed E-state index contributed by atoms with van der Waals surface area (Å²) >= 11 is 0. The van der Waals surface area contributed by atoms with E-state index in [-0.39, 0.29) is 29.2 Å². The normalized spacial score (nSPS) is 11.9. The number of esters is 2. The highest BCUT2D eigenvalue weighted by molar-refractivity contribution is 5.77. The van der Waals surface area contributed by atoms with E-state index in [1.807, 2.05) is 0 Å². The first-order valence-corrected chi connectivity index (χ1v) is 16.7. The van der Waals surface area contributed by atoms with E-state index >= 15 is 0 Å². The molecule has 0 fully saturated rings. The summed E-state index contributed by atoms with van der Waals surface area (Å²) in [6.07, 6.45) is 23.8. The lowest BCUT2D eigenvalue weighted by molar-refractivity contribution is -0.164. The molecule has 0 atom stereocenters. The molecule has 0 saturated carbocycles. The minimum atomic E-state index is -0.377. The van der Waals surface area contributed by atoms with Crippen LogP contribution in [0.15, 0.2) is 0 Å². The topological polar surface area (TPSA) is 52.6 Å². The zero-order valence-corrected chi connectivity index (χ0v) is 26.6. The quantitative estimate of drug-likeness (QED) is 0.0771. The fourth-order valence-corrected chi connectivity index (χ4v) is 5.71. The Bertz CT molecular complexity index is 547. The van der Waals surface area contributed by atoms with E-state index in [2.05, 4.69) is 41.5 Å². The third-order valence-corrected chi connectivity index (χ3v) is 8.40. The summed E-state index contributed by atoms with van der Waals surface area (Å²) < 4.78 is 11.2. The molecule has 0 amide bonds. The van der Waals surface area contributed by atoms with Crippen molar-refractivity contribution in [2.75, 3.05) is 13.2 Å². The van der Waals surface area contributed by atoms with Gasteiger partial charge < -0.3 is 9.47 Å². The van der Waals surface area contributed by atoms with E-state index in [1.165, 1.54) is 77.0 Å². The van der Waals surface area contributed by atoms with Crippen molar-refractivity contribution in [3.63, 3.8) is 0 Å². The summed E-state index contributed by atoms with van der Waals surface area (Å²) in [5, 5.41) is 0. The van der Waals surface area contributed by atoms with Crippen LogP contribution < -0.4 is 0 Å². The first-order chi connectivity index (χ1) is 18.3. The Morgan fingerprint density at radius 1 is 0.526 bits per heavy atom. The molecule has 0 saturated heterocycles. The van der Waals surface area contributed by atoms with Gasteiger partial charge in [0.1, 0.15) is 0 Å². The first kappa shape index (κ1) is 36.9. The fourth-order valence-electron chi connectivity index (χ4n) is 5.71. The molecule has 0 aliphatic rings. The lowest BCUT2D eigenvalue weighted by atomic mass is 9.66. The van der Waals surface area contributed by atoms with E-state index in [0.717, 1.165) is 51.4 Å². The van der Waals surface area contributed by atoms with Crippen LogP contribution in [0.2, 0.25) is 0 Å². The maximum absolute atomic E-state index is 13.3. The van der Waals surface area contributed by atoms with E-state index in [9.17, 15) is 9.59 Å². The van der Waals surface area contributed by atoms with Gasteiger partial charge in [-0.3, -0.25) is 9.59 Å². The molecular weight excluding hydrogens is 472 g/mol.